The molecule has 0 fully saturated rings. The number of nitrogens with zero attached hydrogens (tertiary/aromatic N) is 2. The lowest BCUT2D eigenvalue weighted by Crippen LogP contribution is -2.48. The number of rotatable bonds is 3. The van der Waals surface area contributed by atoms with Crippen LogP contribution in [0.25, 0.3) is 11.1 Å². The molecule has 2 amide bonds. The summed E-state index contributed by atoms with van der Waals surface area (Å²) in [5.74, 6) is 1.14. The fraction of sp³-hybridized carbons (Fsp3) is 0.250. The van der Waals surface area contributed by atoms with Gasteiger partial charge in [0.2, 0.25) is 0 Å². The molecule has 2 aromatic carbocycles. The number of aromatic nitrogens is 1. The number of alkyl halides is 3. The van der Waals surface area contributed by atoms with Gasteiger partial charge in [-0.3, -0.25) is 9.88 Å². The Balaban J connectivity index is 1.50. The van der Waals surface area contributed by atoms with Crippen molar-refractivity contribution in [3.05, 3.63) is 66.0 Å². The van der Waals surface area contributed by atoms with Crippen LogP contribution in [0.3, 0.4) is 0 Å². The van der Waals surface area contributed by atoms with Gasteiger partial charge < -0.3 is 14.8 Å². The average molecular weight is 455 g/mol. The number of hydrogen-bond donors (Lipinski definition) is 1. The van der Waals surface area contributed by atoms with Crippen molar-refractivity contribution in [1.82, 2.24) is 4.98 Å². The number of carbonyl (C=O) groups excluding carboxylic acids is 1. The molecule has 0 bridgehead atoms. The molecule has 6 nitrogen and oxygen atoms in total. The molecule has 170 valence electrons. The fourth-order valence-corrected chi connectivity index (χ4v) is 4.37. The van der Waals surface area contributed by atoms with Crippen molar-refractivity contribution in [3.63, 3.8) is 0 Å². The summed E-state index contributed by atoms with van der Waals surface area (Å²) in [5, 5.41) is 2.68. The Hall–Kier alpha value is -3.75. The normalized spacial score (nSPS) is 16.7. The third-order valence-electron chi connectivity index (χ3n) is 5.88. The van der Waals surface area contributed by atoms with E-state index in [1.165, 1.54) is 19.2 Å². The van der Waals surface area contributed by atoms with Crippen molar-refractivity contribution in [2.75, 3.05) is 23.9 Å². The molecule has 1 N–H and O–H groups in total. The third kappa shape index (κ3) is 3.83. The maximum Gasteiger partial charge on any atom is 0.409 e. The van der Waals surface area contributed by atoms with Gasteiger partial charge >= 0.3 is 12.2 Å². The summed E-state index contributed by atoms with van der Waals surface area (Å²) in [6.45, 7) is 0.497. The summed E-state index contributed by atoms with van der Waals surface area (Å²) in [7, 11) is 1.44. The van der Waals surface area contributed by atoms with Gasteiger partial charge in [-0.15, -0.1) is 0 Å². The van der Waals surface area contributed by atoms with E-state index >= 15 is 0 Å². The number of benzene rings is 2. The Kier molecular flexibility index (Phi) is 5.11. The minimum atomic E-state index is -4.59. The lowest BCUT2D eigenvalue weighted by atomic mass is 10.0. The number of methoxy groups -OCH3 is 1. The quantitative estimate of drug-likeness (QED) is 0.589. The first-order chi connectivity index (χ1) is 15.8. The molecule has 0 unspecified atom stereocenters. The highest BCUT2D eigenvalue weighted by atomic mass is 19.4. The minimum absolute atomic E-state index is 0.215. The first kappa shape index (κ1) is 21.1. The molecule has 0 saturated heterocycles. The molecule has 0 saturated carbocycles. The van der Waals surface area contributed by atoms with Crippen LogP contribution in [0.4, 0.5) is 29.3 Å². The van der Waals surface area contributed by atoms with Gasteiger partial charge in [0.25, 0.3) is 0 Å². The standard InChI is InChI=1S/C24H20F3N3O3/c1-32-18-4-5-20-16(10-18)11-21(24(25,26)27)30(20)23(31)29-17-9-14-6-8-33-22(14)19(12-17)15-3-2-7-28-13-15/h2-5,7,9-10,12-13,21H,6,8,11H2,1H3,(H,29,31)/t21-/m0/s1. The van der Waals surface area contributed by atoms with Crippen molar-refractivity contribution in [1.29, 1.82) is 0 Å². The molecule has 0 spiro atoms. The second-order valence-corrected chi connectivity index (χ2v) is 7.91. The molecule has 2 aliphatic heterocycles. The van der Waals surface area contributed by atoms with E-state index in [-0.39, 0.29) is 12.1 Å². The number of carbonyl (C=O) groups is 1. The van der Waals surface area contributed by atoms with E-state index in [2.05, 4.69) is 10.3 Å². The number of pyridine rings is 1. The van der Waals surface area contributed by atoms with E-state index in [0.717, 1.165) is 21.6 Å². The number of amides is 2. The summed E-state index contributed by atoms with van der Waals surface area (Å²) in [4.78, 5) is 18.1. The average Bonchev–Trinajstić information content (AvgIpc) is 3.43. The smallest absolute Gasteiger partial charge is 0.409 e. The van der Waals surface area contributed by atoms with Gasteiger partial charge in [0, 0.05) is 53.3 Å². The van der Waals surface area contributed by atoms with Crippen LogP contribution in [0.5, 0.6) is 11.5 Å². The molecule has 3 aromatic rings. The number of anilines is 2. The predicted octanol–water partition coefficient (Wildman–Crippen LogP) is 5.22. The van der Waals surface area contributed by atoms with Crippen molar-refractivity contribution in [3.8, 4) is 22.6 Å². The molecule has 33 heavy (non-hydrogen) atoms. The van der Waals surface area contributed by atoms with E-state index in [4.69, 9.17) is 9.47 Å². The van der Waals surface area contributed by atoms with Gasteiger partial charge in [-0.1, -0.05) is 6.07 Å². The van der Waals surface area contributed by atoms with Crippen LogP contribution in [0, 0.1) is 0 Å². The van der Waals surface area contributed by atoms with Crippen molar-refractivity contribution < 1.29 is 27.4 Å². The molecule has 9 heteroatoms. The first-order valence-corrected chi connectivity index (χ1v) is 10.4. The van der Waals surface area contributed by atoms with Crippen LogP contribution < -0.4 is 19.7 Å². The fourth-order valence-electron chi connectivity index (χ4n) is 4.37. The van der Waals surface area contributed by atoms with Gasteiger partial charge in [0.15, 0.2) is 0 Å². The summed E-state index contributed by atoms with van der Waals surface area (Å²) >= 11 is 0. The summed E-state index contributed by atoms with van der Waals surface area (Å²) in [5.41, 5.74) is 3.42. The Bertz CT molecular complexity index is 1210. The Labute approximate surface area is 188 Å². The largest absolute Gasteiger partial charge is 0.497 e. The highest BCUT2D eigenvalue weighted by Crippen LogP contribution is 2.42. The topological polar surface area (TPSA) is 63.7 Å². The Morgan fingerprint density at radius 1 is 1.21 bits per heavy atom. The zero-order valence-corrected chi connectivity index (χ0v) is 17.6. The maximum atomic E-state index is 13.8. The van der Waals surface area contributed by atoms with Gasteiger partial charge in [0.05, 0.1) is 13.7 Å². The van der Waals surface area contributed by atoms with Gasteiger partial charge in [-0.25, -0.2) is 4.79 Å². The van der Waals surface area contributed by atoms with Crippen LogP contribution in [-0.4, -0.2) is 36.9 Å². The van der Waals surface area contributed by atoms with Gasteiger partial charge in [-0.05, 0) is 42.0 Å². The number of hydrogen-bond acceptors (Lipinski definition) is 4. The van der Waals surface area contributed by atoms with Crippen LogP contribution in [0.1, 0.15) is 11.1 Å². The van der Waals surface area contributed by atoms with E-state index < -0.39 is 18.2 Å². The zero-order valence-electron chi connectivity index (χ0n) is 17.6. The third-order valence-corrected chi connectivity index (χ3v) is 5.88. The van der Waals surface area contributed by atoms with Crippen LogP contribution in [0.15, 0.2) is 54.9 Å². The second-order valence-electron chi connectivity index (χ2n) is 7.91. The second kappa shape index (κ2) is 7.99. The van der Waals surface area contributed by atoms with Gasteiger partial charge in [-0.2, -0.15) is 13.2 Å². The van der Waals surface area contributed by atoms with E-state index in [1.807, 2.05) is 6.07 Å². The molecular weight excluding hydrogens is 435 g/mol. The number of nitrogens with one attached hydrogen (secondary N) is 1. The highest BCUT2D eigenvalue weighted by Gasteiger charge is 2.50. The molecule has 0 aliphatic carbocycles. The lowest BCUT2D eigenvalue weighted by Gasteiger charge is -2.27. The van der Waals surface area contributed by atoms with Crippen LogP contribution >= 0.6 is 0 Å². The predicted molar refractivity (Wildman–Crippen MR) is 117 cm³/mol. The highest BCUT2D eigenvalue weighted by molar-refractivity contribution is 6.04. The monoisotopic (exact) mass is 455 g/mol. The number of urea groups is 1. The van der Waals surface area contributed by atoms with E-state index in [1.54, 1.807) is 36.7 Å². The SMILES string of the molecule is COc1ccc2c(c1)C[C@@H](C(F)(F)F)N2C(=O)Nc1cc2c(c(-c3cccnc3)c1)OCC2. The molecule has 1 aromatic heterocycles. The maximum absolute atomic E-state index is 13.8. The molecule has 5 rings (SSSR count). The molecule has 2 aliphatic rings. The van der Waals surface area contributed by atoms with Crippen molar-refractivity contribution in [2.24, 2.45) is 0 Å². The Morgan fingerprint density at radius 2 is 2.06 bits per heavy atom. The number of fused-ring (bicyclic) bond motifs is 2. The van der Waals surface area contributed by atoms with E-state index in [9.17, 15) is 18.0 Å². The summed E-state index contributed by atoms with van der Waals surface area (Å²) in [6, 6.07) is 8.84. The van der Waals surface area contributed by atoms with Crippen molar-refractivity contribution >= 4 is 17.4 Å². The number of halogens is 3. The van der Waals surface area contributed by atoms with Crippen molar-refractivity contribution in [2.45, 2.75) is 25.1 Å². The molecular formula is C24H20F3N3O3. The summed E-state index contributed by atoms with van der Waals surface area (Å²) in [6.07, 6.45) is -0.956. The first-order valence-electron chi connectivity index (χ1n) is 10.4. The van der Waals surface area contributed by atoms with Crippen LogP contribution in [0.2, 0.25) is 0 Å². The minimum Gasteiger partial charge on any atom is -0.497 e. The molecule has 1 atom stereocenters. The van der Waals surface area contributed by atoms with E-state index in [0.29, 0.717) is 35.8 Å². The lowest BCUT2D eigenvalue weighted by molar-refractivity contribution is -0.145. The van der Waals surface area contributed by atoms with Crippen LogP contribution in [-0.2, 0) is 12.8 Å². The zero-order chi connectivity index (χ0) is 23.2. The number of ether oxygens (including phenoxy) is 2. The van der Waals surface area contributed by atoms with Gasteiger partial charge in [0.1, 0.15) is 17.5 Å². The summed E-state index contributed by atoms with van der Waals surface area (Å²) < 4.78 is 52.4. The molecule has 3 heterocycles. The Morgan fingerprint density at radius 3 is 2.79 bits per heavy atom. The molecule has 0 radical (unpaired) electrons.